The fraction of sp³-hybridized carbons (Fsp3) is 0.545. The Balaban J connectivity index is 1.20. The zero-order valence-electron chi connectivity index (χ0n) is 16.7. The van der Waals surface area contributed by atoms with E-state index in [0.717, 1.165) is 23.9 Å². The first-order chi connectivity index (χ1) is 14.4. The molecule has 2 aromatic rings. The number of rotatable bonds is 5. The molecule has 8 nitrogen and oxygen atoms in total. The van der Waals surface area contributed by atoms with E-state index in [1.54, 1.807) is 18.2 Å². The molecule has 4 bridgehead atoms. The quantitative estimate of drug-likeness (QED) is 0.721. The normalized spacial score (nSPS) is 29.1. The third-order valence-electron chi connectivity index (χ3n) is 6.98. The topological polar surface area (TPSA) is 110 Å². The molecular formula is C22H25N3O5. The lowest BCUT2D eigenvalue weighted by Crippen LogP contribution is -2.60. The number of benzene rings is 1. The summed E-state index contributed by atoms with van der Waals surface area (Å²) < 4.78 is 6.02. The van der Waals surface area contributed by atoms with Crippen molar-refractivity contribution in [3.05, 3.63) is 45.0 Å². The first-order valence-corrected chi connectivity index (χ1v) is 10.6. The Bertz CT molecular complexity index is 1100. The molecule has 1 heterocycles. The Labute approximate surface area is 172 Å². The summed E-state index contributed by atoms with van der Waals surface area (Å²) in [5.74, 6) is 1.07. The molecule has 0 aliphatic heterocycles. The van der Waals surface area contributed by atoms with Crippen LogP contribution in [0.2, 0.25) is 0 Å². The summed E-state index contributed by atoms with van der Waals surface area (Å²) in [4.78, 5) is 49.3. The molecule has 4 saturated carbocycles. The van der Waals surface area contributed by atoms with E-state index in [4.69, 9.17) is 4.74 Å². The number of nitrogens with zero attached hydrogens (tertiary/aromatic N) is 1. The van der Waals surface area contributed by atoms with Crippen LogP contribution in [0.5, 0.6) is 0 Å². The molecule has 0 radical (unpaired) electrons. The summed E-state index contributed by atoms with van der Waals surface area (Å²) in [5, 5.41) is 6.03. The van der Waals surface area contributed by atoms with E-state index in [1.165, 1.54) is 25.3 Å². The van der Waals surface area contributed by atoms with Crippen LogP contribution in [-0.2, 0) is 20.9 Å². The minimum absolute atomic E-state index is 0.140. The highest BCUT2D eigenvalue weighted by atomic mass is 16.5. The average molecular weight is 411 g/mol. The Hall–Kier alpha value is -2.90. The number of fused-ring (bicyclic) bond motifs is 1. The van der Waals surface area contributed by atoms with Gasteiger partial charge in [-0.2, -0.15) is 0 Å². The van der Waals surface area contributed by atoms with Crippen LogP contribution in [0.3, 0.4) is 0 Å². The average Bonchev–Trinajstić information content (AvgIpc) is 2.69. The highest BCUT2D eigenvalue weighted by Gasteiger charge is 2.51. The van der Waals surface area contributed by atoms with Crippen molar-refractivity contribution in [3.8, 4) is 0 Å². The Morgan fingerprint density at radius 1 is 1.03 bits per heavy atom. The first-order valence-electron chi connectivity index (χ1n) is 10.6. The number of ether oxygens (including phenoxy) is 1. The summed E-state index contributed by atoms with van der Waals surface area (Å²) in [6.45, 7) is -0.837. The number of carbonyl (C=O) groups is 2. The van der Waals surface area contributed by atoms with Gasteiger partial charge in [-0.05, 0) is 68.4 Å². The summed E-state index contributed by atoms with van der Waals surface area (Å²) in [6, 6.07) is 6.40. The van der Waals surface area contributed by atoms with E-state index in [-0.39, 0.29) is 28.8 Å². The SMILES string of the molecule is O=C(COC(=O)Cn1[nH]c(=O)c2ccccc2c1=O)NC12CC3CC(CC(C3)C1)C2. The highest BCUT2D eigenvalue weighted by Crippen LogP contribution is 2.55. The van der Waals surface area contributed by atoms with Gasteiger partial charge in [0.2, 0.25) is 0 Å². The van der Waals surface area contributed by atoms with Crippen molar-refractivity contribution in [2.75, 3.05) is 6.61 Å². The van der Waals surface area contributed by atoms with Gasteiger partial charge in [0.15, 0.2) is 6.61 Å². The van der Waals surface area contributed by atoms with Crippen LogP contribution < -0.4 is 16.4 Å². The highest BCUT2D eigenvalue weighted by molar-refractivity contribution is 5.82. The van der Waals surface area contributed by atoms with Crippen molar-refractivity contribution >= 4 is 22.6 Å². The number of hydrogen-bond donors (Lipinski definition) is 2. The first kappa shape index (κ1) is 19.1. The molecule has 4 fully saturated rings. The Morgan fingerprint density at radius 3 is 2.27 bits per heavy atom. The largest absolute Gasteiger partial charge is 0.454 e. The van der Waals surface area contributed by atoms with Crippen LogP contribution in [0.1, 0.15) is 38.5 Å². The molecule has 4 aliphatic rings. The molecule has 1 aromatic carbocycles. The number of carbonyl (C=O) groups excluding carboxylic acids is 2. The molecule has 0 saturated heterocycles. The Kier molecular flexibility index (Phi) is 4.52. The van der Waals surface area contributed by atoms with Gasteiger partial charge in [0.05, 0.1) is 10.8 Å². The predicted molar refractivity (Wildman–Crippen MR) is 109 cm³/mol. The van der Waals surface area contributed by atoms with Gasteiger partial charge in [-0.3, -0.25) is 24.3 Å². The monoisotopic (exact) mass is 411 g/mol. The van der Waals surface area contributed by atoms with E-state index < -0.39 is 23.6 Å². The fourth-order valence-corrected chi connectivity index (χ4v) is 6.27. The maximum Gasteiger partial charge on any atom is 0.328 e. The molecule has 1 aromatic heterocycles. The predicted octanol–water partition coefficient (Wildman–Crippen LogP) is 1.32. The molecule has 4 aliphatic carbocycles. The minimum Gasteiger partial charge on any atom is -0.454 e. The second-order valence-corrected chi connectivity index (χ2v) is 9.28. The number of esters is 1. The zero-order chi connectivity index (χ0) is 20.9. The smallest absolute Gasteiger partial charge is 0.328 e. The van der Waals surface area contributed by atoms with E-state index in [1.807, 2.05) is 0 Å². The van der Waals surface area contributed by atoms with Crippen molar-refractivity contribution in [3.63, 3.8) is 0 Å². The molecule has 0 atom stereocenters. The van der Waals surface area contributed by atoms with Crippen molar-refractivity contribution in [1.82, 2.24) is 15.1 Å². The number of aromatic amines is 1. The van der Waals surface area contributed by atoms with Gasteiger partial charge >= 0.3 is 5.97 Å². The van der Waals surface area contributed by atoms with Gasteiger partial charge in [-0.1, -0.05) is 12.1 Å². The number of hydrogen-bond acceptors (Lipinski definition) is 5. The van der Waals surface area contributed by atoms with Gasteiger partial charge in [0.25, 0.3) is 17.0 Å². The van der Waals surface area contributed by atoms with Gasteiger partial charge < -0.3 is 10.1 Å². The third kappa shape index (κ3) is 3.44. The maximum absolute atomic E-state index is 12.5. The van der Waals surface area contributed by atoms with E-state index in [2.05, 4.69) is 10.4 Å². The molecule has 0 unspecified atom stereocenters. The van der Waals surface area contributed by atoms with Crippen LogP contribution in [0.15, 0.2) is 33.9 Å². The molecular weight excluding hydrogens is 386 g/mol. The lowest BCUT2D eigenvalue weighted by atomic mass is 9.53. The molecule has 0 spiro atoms. The van der Waals surface area contributed by atoms with Crippen LogP contribution in [-0.4, -0.2) is 33.8 Å². The van der Waals surface area contributed by atoms with Crippen molar-refractivity contribution in [2.45, 2.75) is 50.6 Å². The standard InChI is InChI=1S/C22H25N3O5/c26-18(23-22-8-13-5-14(9-22)7-15(6-13)10-22)12-30-19(27)11-25-21(29)17-4-2-1-3-16(17)20(28)24-25/h1-4,13-15H,5-12H2,(H,23,26)(H,24,28). The van der Waals surface area contributed by atoms with Gasteiger partial charge in [-0.25, -0.2) is 4.68 Å². The molecule has 2 N–H and O–H groups in total. The Morgan fingerprint density at radius 2 is 1.63 bits per heavy atom. The number of amides is 1. The summed E-state index contributed by atoms with van der Waals surface area (Å²) in [6.07, 6.45) is 6.90. The van der Waals surface area contributed by atoms with E-state index in [9.17, 15) is 19.2 Å². The third-order valence-corrected chi connectivity index (χ3v) is 6.98. The summed E-state index contributed by atoms with van der Waals surface area (Å²) in [5.41, 5.74) is -1.09. The molecule has 30 heavy (non-hydrogen) atoms. The number of aromatic nitrogens is 2. The lowest BCUT2D eigenvalue weighted by molar-refractivity contribution is -0.150. The lowest BCUT2D eigenvalue weighted by Gasteiger charge is -2.56. The van der Waals surface area contributed by atoms with Gasteiger partial charge in [0.1, 0.15) is 6.54 Å². The summed E-state index contributed by atoms with van der Waals surface area (Å²) in [7, 11) is 0. The van der Waals surface area contributed by atoms with Crippen molar-refractivity contribution in [1.29, 1.82) is 0 Å². The van der Waals surface area contributed by atoms with E-state index >= 15 is 0 Å². The zero-order valence-corrected chi connectivity index (χ0v) is 16.7. The second kappa shape index (κ2) is 7.11. The van der Waals surface area contributed by atoms with E-state index in [0.29, 0.717) is 17.8 Å². The molecule has 1 amide bonds. The van der Waals surface area contributed by atoms with Gasteiger partial charge in [0, 0.05) is 5.54 Å². The van der Waals surface area contributed by atoms with Crippen molar-refractivity contribution in [2.24, 2.45) is 17.8 Å². The van der Waals surface area contributed by atoms with Crippen LogP contribution >= 0.6 is 0 Å². The number of H-pyrrole nitrogens is 1. The minimum atomic E-state index is -0.747. The van der Waals surface area contributed by atoms with Crippen molar-refractivity contribution < 1.29 is 14.3 Å². The maximum atomic E-state index is 12.5. The fourth-order valence-electron chi connectivity index (χ4n) is 6.27. The van der Waals surface area contributed by atoms with Crippen LogP contribution in [0.25, 0.3) is 10.8 Å². The second-order valence-electron chi connectivity index (χ2n) is 9.28. The van der Waals surface area contributed by atoms with Crippen LogP contribution in [0.4, 0.5) is 0 Å². The van der Waals surface area contributed by atoms with Crippen LogP contribution in [0, 0.1) is 17.8 Å². The van der Waals surface area contributed by atoms with Gasteiger partial charge in [-0.15, -0.1) is 0 Å². The summed E-state index contributed by atoms with van der Waals surface area (Å²) >= 11 is 0. The molecule has 8 heteroatoms. The number of nitrogens with one attached hydrogen (secondary N) is 2. The molecule has 6 rings (SSSR count). The molecule has 158 valence electrons.